The van der Waals surface area contributed by atoms with E-state index in [0.29, 0.717) is 5.92 Å². The smallest absolute Gasteiger partial charge is 0.193 e. The number of hydrogen-bond donors (Lipinski definition) is 1. The van der Waals surface area contributed by atoms with Crippen molar-refractivity contribution in [3.05, 3.63) is 35.9 Å². The van der Waals surface area contributed by atoms with E-state index in [1.54, 1.807) is 0 Å². The summed E-state index contributed by atoms with van der Waals surface area (Å²) in [7, 11) is 1.84. The van der Waals surface area contributed by atoms with Crippen molar-refractivity contribution in [1.29, 1.82) is 0 Å². The summed E-state index contributed by atoms with van der Waals surface area (Å²) in [6.07, 6.45) is 0. The summed E-state index contributed by atoms with van der Waals surface area (Å²) in [6, 6.07) is 10.6. The van der Waals surface area contributed by atoms with Gasteiger partial charge in [-0.05, 0) is 11.5 Å². The predicted molar refractivity (Wildman–Crippen MR) is 78.6 cm³/mol. The largest absolute Gasteiger partial charge is 0.378 e. The molecule has 1 saturated heterocycles. The van der Waals surface area contributed by atoms with Crippen molar-refractivity contribution < 1.29 is 4.74 Å². The van der Waals surface area contributed by atoms with Crippen LogP contribution in [-0.2, 0) is 4.74 Å². The Morgan fingerprint density at radius 1 is 1.32 bits per heavy atom. The van der Waals surface area contributed by atoms with E-state index < -0.39 is 0 Å². The van der Waals surface area contributed by atoms with Gasteiger partial charge in [0, 0.05) is 26.7 Å². The molecule has 104 valence electrons. The molecule has 1 aliphatic rings. The van der Waals surface area contributed by atoms with Crippen molar-refractivity contribution in [2.75, 3.05) is 39.9 Å². The minimum absolute atomic E-state index is 0.471. The highest BCUT2D eigenvalue weighted by atomic mass is 16.5. The highest BCUT2D eigenvalue weighted by molar-refractivity contribution is 5.80. The molecule has 2 rings (SSSR count). The first-order valence-electron chi connectivity index (χ1n) is 6.89. The van der Waals surface area contributed by atoms with Gasteiger partial charge in [0.1, 0.15) is 0 Å². The van der Waals surface area contributed by atoms with Crippen molar-refractivity contribution in [2.45, 2.75) is 12.8 Å². The molecular weight excluding hydrogens is 238 g/mol. The molecule has 4 nitrogen and oxygen atoms in total. The summed E-state index contributed by atoms with van der Waals surface area (Å²) in [5, 5.41) is 3.46. The number of nitrogens with one attached hydrogen (secondary N) is 1. The standard InChI is InChI=1S/C15H23N3O/c1-13(14-6-4-3-5-7-14)12-17-15(16-2)18-8-10-19-11-9-18/h3-7,13H,8-12H2,1-2H3,(H,16,17)/t13-/m1/s1. The van der Waals surface area contributed by atoms with Gasteiger partial charge >= 0.3 is 0 Å². The monoisotopic (exact) mass is 261 g/mol. The fourth-order valence-electron chi connectivity index (χ4n) is 2.25. The van der Waals surface area contributed by atoms with Gasteiger partial charge < -0.3 is 15.0 Å². The predicted octanol–water partition coefficient (Wildman–Crippen LogP) is 1.70. The van der Waals surface area contributed by atoms with Crippen LogP contribution < -0.4 is 5.32 Å². The van der Waals surface area contributed by atoms with E-state index in [4.69, 9.17) is 4.74 Å². The molecule has 0 saturated carbocycles. The third-order valence-corrected chi connectivity index (χ3v) is 3.46. The zero-order valence-electron chi connectivity index (χ0n) is 11.8. The molecule has 0 bridgehead atoms. The summed E-state index contributed by atoms with van der Waals surface area (Å²) < 4.78 is 5.36. The van der Waals surface area contributed by atoms with Crippen LogP contribution in [0.1, 0.15) is 18.4 Å². The first-order valence-corrected chi connectivity index (χ1v) is 6.89. The normalized spacial score (nSPS) is 18.2. The first kappa shape index (κ1) is 13.9. The van der Waals surface area contributed by atoms with Crippen molar-refractivity contribution >= 4 is 5.96 Å². The number of benzene rings is 1. The summed E-state index contributed by atoms with van der Waals surface area (Å²) in [5.41, 5.74) is 1.35. The molecule has 19 heavy (non-hydrogen) atoms. The van der Waals surface area contributed by atoms with Crippen LogP contribution in [0.2, 0.25) is 0 Å². The van der Waals surface area contributed by atoms with Gasteiger partial charge in [0.2, 0.25) is 0 Å². The number of morpholine rings is 1. The highest BCUT2D eigenvalue weighted by Crippen LogP contribution is 2.13. The van der Waals surface area contributed by atoms with E-state index in [9.17, 15) is 0 Å². The fourth-order valence-corrected chi connectivity index (χ4v) is 2.25. The molecule has 0 aliphatic carbocycles. The molecule has 0 unspecified atom stereocenters. The zero-order valence-corrected chi connectivity index (χ0v) is 11.8. The maximum absolute atomic E-state index is 5.36. The molecule has 1 heterocycles. The summed E-state index contributed by atoms with van der Waals surface area (Å²) in [4.78, 5) is 6.60. The number of rotatable bonds is 3. The molecular formula is C15H23N3O. The Morgan fingerprint density at radius 2 is 2.00 bits per heavy atom. The lowest BCUT2D eigenvalue weighted by Crippen LogP contribution is -2.48. The molecule has 1 aliphatic heterocycles. The van der Waals surface area contributed by atoms with Crippen LogP contribution in [-0.4, -0.2) is 50.8 Å². The lowest BCUT2D eigenvalue weighted by molar-refractivity contribution is 0.0665. The zero-order chi connectivity index (χ0) is 13.5. The highest BCUT2D eigenvalue weighted by Gasteiger charge is 2.15. The third-order valence-electron chi connectivity index (χ3n) is 3.46. The second-order valence-electron chi connectivity index (χ2n) is 4.84. The Labute approximate surface area is 115 Å². The van der Waals surface area contributed by atoms with Gasteiger partial charge in [-0.3, -0.25) is 4.99 Å². The molecule has 1 aromatic carbocycles. The van der Waals surface area contributed by atoms with Crippen LogP contribution >= 0.6 is 0 Å². The molecule has 1 fully saturated rings. The number of hydrogen-bond acceptors (Lipinski definition) is 2. The summed E-state index contributed by atoms with van der Waals surface area (Å²) in [6.45, 7) is 6.53. The van der Waals surface area contributed by atoms with Gasteiger partial charge in [0.05, 0.1) is 13.2 Å². The molecule has 4 heteroatoms. The maximum Gasteiger partial charge on any atom is 0.193 e. The molecule has 0 spiro atoms. The van der Waals surface area contributed by atoms with Gasteiger partial charge in [-0.2, -0.15) is 0 Å². The van der Waals surface area contributed by atoms with Crippen LogP contribution in [0.4, 0.5) is 0 Å². The van der Waals surface area contributed by atoms with Gasteiger partial charge in [0.25, 0.3) is 0 Å². The van der Waals surface area contributed by atoms with Crippen molar-refractivity contribution in [2.24, 2.45) is 4.99 Å². The van der Waals surface area contributed by atoms with Crippen molar-refractivity contribution in [3.8, 4) is 0 Å². The molecule has 0 aromatic heterocycles. The summed E-state index contributed by atoms with van der Waals surface area (Å²) >= 11 is 0. The van der Waals surface area contributed by atoms with Crippen LogP contribution in [0, 0.1) is 0 Å². The SMILES string of the molecule is CN=C(NC[C@@H](C)c1ccccc1)N1CCOCC1. The van der Waals surface area contributed by atoms with Gasteiger partial charge in [-0.1, -0.05) is 37.3 Å². The molecule has 1 atom stereocenters. The minimum Gasteiger partial charge on any atom is -0.378 e. The Balaban J connectivity index is 1.86. The molecule has 0 amide bonds. The van der Waals surface area contributed by atoms with E-state index in [1.165, 1.54) is 5.56 Å². The Hall–Kier alpha value is -1.55. The minimum atomic E-state index is 0.471. The van der Waals surface area contributed by atoms with E-state index in [0.717, 1.165) is 38.8 Å². The van der Waals surface area contributed by atoms with Crippen LogP contribution in [0.5, 0.6) is 0 Å². The third kappa shape index (κ3) is 3.96. The number of aliphatic imine (C=N–C) groups is 1. The Morgan fingerprint density at radius 3 is 2.63 bits per heavy atom. The Kier molecular flexibility index (Phi) is 5.21. The van der Waals surface area contributed by atoms with Crippen LogP contribution in [0.15, 0.2) is 35.3 Å². The van der Waals surface area contributed by atoms with E-state index in [2.05, 4.69) is 52.5 Å². The van der Waals surface area contributed by atoms with Crippen LogP contribution in [0.25, 0.3) is 0 Å². The van der Waals surface area contributed by atoms with Gasteiger partial charge in [-0.25, -0.2) is 0 Å². The first-order chi connectivity index (χ1) is 9.31. The van der Waals surface area contributed by atoms with Gasteiger partial charge in [0.15, 0.2) is 5.96 Å². The van der Waals surface area contributed by atoms with E-state index in [-0.39, 0.29) is 0 Å². The lowest BCUT2D eigenvalue weighted by atomic mass is 10.0. The molecule has 1 N–H and O–H groups in total. The average Bonchev–Trinajstić information content (AvgIpc) is 2.49. The second kappa shape index (κ2) is 7.14. The van der Waals surface area contributed by atoms with Gasteiger partial charge in [-0.15, -0.1) is 0 Å². The maximum atomic E-state index is 5.36. The van der Waals surface area contributed by atoms with Crippen molar-refractivity contribution in [3.63, 3.8) is 0 Å². The fraction of sp³-hybridized carbons (Fsp3) is 0.533. The number of nitrogens with zero attached hydrogens (tertiary/aromatic N) is 2. The topological polar surface area (TPSA) is 36.9 Å². The lowest BCUT2D eigenvalue weighted by Gasteiger charge is -2.30. The average molecular weight is 261 g/mol. The summed E-state index contributed by atoms with van der Waals surface area (Å²) in [5.74, 6) is 1.45. The quantitative estimate of drug-likeness (QED) is 0.664. The number of guanidine groups is 1. The number of ether oxygens (including phenoxy) is 1. The van der Waals surface area contributed by atoms with Crippen molar-refractivity contribution in [1.82, 2.24) is 10.2 Å². The Bertz CT molecular complexity index is 399. The second-order valence-corrected chi connectivity index (χ2v) is 4.84. The van der Waals surface area contributed by atoms with E-state index in [1.807, 2.05) is 7.05 Å². The molecule has 1 aromatic rings. The molecule has 0 radical (unpaired) electrons. The van der Waals surface area contributed by atoms with Crippen LogP contribution in [0.3, 0.4) is 0 Å². The van der Waals surface area contributed by atoms with E-state index >= 15 is 0 Å².